The molecular formula is C14H31NSi. The van der Waals surface area contributed by atoms with E-state index in [2.05, 4.69) is 72.2 Å². The summed E-state index contributed by atoms with van der Waals surface area (Å²) in [6.07, 6.45) is 4.45. The predicted octanol–water partition coefficient (Wildman–Crippen LogP) is 4.67. The second kappa shape index (κ2) is 6.60. The maximum Gasteiger partial charge on any atom is 0.136 e. The van der Waals surface area contributed by atoms with Gasteiger partial charge in [0.1, 0.15) is 8.24 Å². The molecule has 0 aromatic rings. The molecule has 0 aliphatic carbocycles. The van der Waals surface area contributed by atoms with Gasteiger partial charge in [0.25, 0.3) is 0 Å². The Morgan fingerprint density at radius 1 is 0.938 bits per heavy atom. The van der Waals surface area contributed by atoms with Gasteiger partial charge in [0.15, 0.2) is 0 Å². The smallest absolute Gasteiger partial charge is 0.136 e. The first-order valence-electron chi connectivity index (χ1n) is 6.64. The van der Waals surface area contributed by atoms with E-state index in [1.54, 1.807) is 0 Å². The van der Waals surface area contributed by atoms with Crippen LogP contribution in [0.5, 0.6) is 0 Å². The molecule has 0 atom stereocenters. The van der Waals surface area contributed by atoms with Crippen molar-refractivity contribution < 1.29 is 0 Å². The summed E-state index contributed by atoms with van der Waals surface area (Å²) >= 11 is 0. The highest BCUT2D eigenvalue weighted by Crippen LogP contribution is 2.43. The quantitative estimate of drug-likeness (QED) is 0.482. The Kier molecular flexibility index (Phi) is 6.57. The third kappa shape index (κ3) is 2.98. The molecule has 0 amide bonds. The lowest BCUT2D eigenvalue weighted by molar-refractivity contribution is 0.503. The molecular weight excluding hydrogens is 210 g/mol. The van der Waals surface area contributed by atoms with E-state index in [1.807, 2.05) is 0 Å². The van der Waals surface area contributed by atoms with Crippen molar-refractivity contribution >= 4 is 8.24 Å². The van der Waals surface area contributed by atoms with Crippen LogP contribution >= 0.6 is 0 Å². The Hall–Kier alpha value is -0.0831. The molecule has 0 aliphatic rings. The molecule has 2 heteroatoms. The van der Waals surface area contributed by atoms with Crippen molar-refractivity contribution in [3.8, 4) is 0 Å². The predicted molar refractivity (Wildman–Crippen MR) is 78.5 cm³/mol. The lowest BCUT2D eigenvalue weighted by Gasteiger charge is -2.49. The standard InChI is InChI=1S/C14H31NSi/c1-9-10-11-15(8)16(12(2)3,13(4)5)14(6)7/h9-10,12-14H,11H2,1-8H3. The van der Waals surface area contributed by atoms with E-state index in [9.17, 15) is 0 Å². The zero-order valence-electron chi connectivity index (χ0n) is 12.5. The normalized spacial score (nSPS) is 14.0. The van der Waals surface area contributed by atoms with E-state index in [0.29, 0.717) is 0 Å². The molecule has 16 heavy (non-hydrogen) atoms. The van der Waals surface area contributed by atoms with Crippen molar-refractivity contribution in [2.45, 2.75) is 65.1 Å². The molecule has 0 saturated carbocycles. The molecule has 0 aromatic heterocycles. The number of hydrogen-bond acceptors (Lipinski definition) is 1. The highest BCUT2D eigenvalue weighted by molar-refractivity contribution is 6.80. The fraction of sp³-hybridized carbons (Fsp3) is 0.857. The minimum Gasteiger partial charge on any atom is -0.322 e. The monoisotopic (exact) mass is 241 g/mol. The molecule has 0 unspecified atom stereocenters. The van der Waals surface area contributed by atoms with Crippen LogP contribution in [-0.2, 0) is 0 Å². The topological polar surface area (TPSA) is 3.24 Å². The van der Waals surface area contributed by atoms with E-state index in [-0.39, 0.29) is 0 Å². The van der Waals surface area contributed by atoms with Gasteiger partial charge in [-0.25, -0.2) is 0 Å². The Balaban J connectivity index is 5.17. The highest BCUT2D eigenvalue weighted by atomic mass is 28.3. The van der Waals surface area contributed by atoms with E-state index >= 15 is 0 Å². The Labute approximate surface area is 104 Å². The molecule has 0 aromatic carbocycles. The summed E-state index contributed by atoms with van der Waals surface area (Å²) in [7, 11) is 0.939. The summed E-state index contributed by atoms with van der Waals surface area (Å²) in [5.41, 5.74) is 2.42. The molecule has 0 rings (SSSR count). The van der Waals surface area contributed by atoms with E-state index in [0.717, 1.165) is 23.2 Å². The van der Waals surface area contributed by atoms with Crippen molar-refractivity contribution in [3.05, 3.63) is 12.2 Å². The van der Waals surface area contributed by atoms with Crippen molar-refractivity contribution in [1.29, 1.82) is 0 Å². The van der Waals surface area contributed by atoms with Crippen LogP contribution in [0.3, 0.4) is 0 Å². The number of rotatable bonds is 6. The van der Waals surface area contributed by atoms with Gasteiger partial charge in [0.2, 0.25) is 0 Å². The third-order valence-electron chi connectivity index (χ3n) is 4.05. The van der Waals surface area contributed by atoms with Crippen LogP contribution < -0.4 is 0 Å². The van der Waals surface area contributed by atoms with Gasteiger partial charge in [-0.15, -0.1) is 0 Å². The summed E-state index contributed by atoms with van der Waals surface area (Å²) < 4.78 is 2.67. The summed E-state index contributed by atoms with van der Waals surface area (Å²) in [6.45, 7) is 17.7. The Bertz CT molecular complexity index is 197. The van der Waals surface area contributed by atoms with Crippen molar-refractivity contribution in [1.82, 2.24) is 4.57 Å². The number of likely N-dealkylation sites (N-methyl/N-ethyl adjacent to an activating group) is 1. The maximum atomic E-state index is 2.67. The minimum absolute atomic E-state index is 0.808. The van der Waals surface area contributed by atoms with E-state index < -0.39 is 8.24 Å². The van der Waals surface area contributed by atoms with Crippen molar-refractivity contribution in [2.24, 2.45) is 0 Å². The molecule has 0 spiro atoms. The lowest BCUT2D eigenvalue weighted by atomic mass is 10.5. The van der Waals surface area contributed by atoms with E-state index in [4.69, 9.17) is 0 Å². The van der Waals surface area contributed by atoms with Gasteiger partial charge < -0.3 is 4.57 Å². The first-order valence-corrected chi connectivity index (χ1v) is 8.82. The van der Waals surface area contributed by atoms with Crippen LogP contribution in [0, 0.1) is 0 Å². The largest absolute Gasteiger partial charge is 0.322 e. The number of nitrogens with zero attached hydrogens (tertiary/aromatic N) is 1. The average molecular weight is 241 g/mol. The van der Waals surface area contributed by atoms with Crippen molar-refractivity contribution in [2.75, 3.05) is 13.6 Å². The van der Waals surface area contributed by atoms with Gasteiger partial charge in [-0.1, -0.05) is 53.7 Å². The van der Waals surface area contributed by atoms with Crippen molar-refractivity contribution in [3.63, 3.8) is 0 Å². The van der Waals surface area contributed by atoms with Crippen LogP contribution in [0.1, 0.15) is 48.5 Å². The highest BCUT2D eigenvalue weighted by Gasteiger charge is 2.45. The van der Waals surface area contributed by atoms with Crippen LogP contribution in [0.2, 0.25) is 16.6 Å². The number of allylic oxidation sites excluding steroid dienone is 1. The molecule has 96 valence electrons. The summed E-state index contributed by atoms with van der Waals surface area (Å²) in [6, 6.07) is 0. The van der Waals surface area contributed by atoms with Crippen LogP contribution in [-0.4, -0.2) is 26.4 Å². The molecule has 0 fully saturated rings. The number of hydrogen-bond donors (Lipinski definition) is 0. The van der Waals surface area contributed by atoms with Gasteiger partial charge >= 0.3 is 0 Å². The van der Waals surface area contributed by atoms with Crippen LogP contribution in [0.25, 0.3) is 0 Å². The second-order valence-corrected chi connectivity index (χ2v) is 11.8. The first-order chi connectivity index (χ1) is 7.31. The van der Waals surface area contributed by atoms with E-state index in [1.165, 1.54) is 0 Å². The van der Waals surface area contributed by atoms with Gasteiger partial charge in [-0.05, 0) is 30.6 Å². The molecule has 0 bridgehead atoms. The summed E-state index contributed by atoms with van der Waals surface area (Å²) in [5, 5.41) is 0. The zero-order valence-corrected chi connectivity index (χ0v) is 13.5. The fourth-order valence-electron chi connectivity index (χ4n) is 3.74. The molecule has 0 N–H and O–H groups in total. The van der Waals surface area contributed by atoms with Gasteiger partial charge in [0, 0.05) is 6.54 Å². The van der Waals surface area contributed by atoms with Gasteiger partial charge in [-0.2, -0.15) is 0 Å². The average Bonchev–Trinajstić information content (AvgIpc) is 2.13. The zero-order chi connectivity index (χ0) is 12.9. The third-order valence-corrected chi connectivity index (χ3v) is 11.1. The Morgan fingerprint density at radius 3 is 1.56 bits per heavy atom. The lowest BCUT2D eigenvalue weighted by Crippen LogP contribution is -2.58. The molecule has 0 heterocycles. The Morgan fingerprint density at radius 2 is 1.31 bits per heavy atom. The molecule has 1 nitrogen and oxygen atoms in total. The van der Waals surface area contributed by atoms with Gasteiger partial charge in [-0.3, -0.25) is 0 Å². The fourth-order valence-corrected chi connectivity index (χ4v) is 10.8. The summed E-state index contributed by atoms with van der Waals surface area (Å²) in [5.74, 6) is 0. The van der Waals surface area contributed by atoms with Gasteiger partial charge in [0.05, 0.1) is 0 Å². The SMILES string of the molecule is CC=CCN(C)[Si](C(C)C)(C(C)C)C(C)C. The molecule has 0 radical (unpaired) electrons. The minimum atomic E-state index is -1.39. The first kappa shape index (κ1) is 15.9. The molecule has 0 saturated heterocycles. The summed E-state index contributed by atoms with van der Waals surface area (Å²) in [4.78, 5) is 0. The van der Waals surface area contributed by atoms with Crippen LogP contribution in [0.4, 0.5) is 0 Å². The van der Waals surface area contributed by atoms with Crippen LogP contribution in [0.15, 0.2) is 12.2 Å². The maximum absolute atomic E-state index is 2.67. The molecule has 0 aliphatic heterocycles. The second-order valence-electron chi connectivity index (χ2n) is 5.80.